The van der Waals surface area contributed by atoms with Crippen LogP contribution in [0, 0.1) is 0 Å². The predicted molar refractivity (Wildman–Crippen MR) is 65.7 cm³/mol. The summed E-state index contributed by atoms with van der Waals surface area (Å²) < 4.78 is 26.3. The van der Waals surface area contributed by atoms with E-state index in [1.165, 1.54) is 10.5 Å². The van der Waals surface area contributed by atoms with E-state index < -0.39 is 10.0 Å². The van der Waals surface area contributed by atoms with E-state index >= 15 is 0 Å². The molecule has 2 heterocycles. The molecule has 1 fully saturated rings. The normalized spacial score (nSPS) is 22.8. The first-order chi connectivity index (χ1) is 8.05. The predicted octanol–water partition coefficient (Wildman–Crippen LogP) is 1.33. The lowest BCUT2D eigenvalue weighted by Crippen LogP contribution is -2.45. The molecular weight excluding hydrogens is 284 g/mol. The van der Waals surface area contributed by atoms with Crippen LogP contribution in [-0.2, 0) is 10.0 Å². The topological polar surface area (TPSA) is 70.5 Å². The molecule has 5 nitrogen and oxygen atoms in total. The number of hydrogen-bond donors (Lipinski definition) is 1. The first-order valence-electron chi connectivity index (χ1n) is 5.29. The van der Waals surface area contributed by atoms with Gasteiger partial charge in [0.2, 0.25) is 0 Å². The fraction of sp³-hybridized carbons (Fsp3) is 0.667. The van der Waals surface area contributed by atoms with E-state index in [0.29, 0.717) is 13.0 Å². The minimum Gasteiger partial charge on any atom is -0.395 e. The average molecular weight is 297 g/mol. The Bertz CT molecular complexity index is 488. The second-order valence-electron chi connectivity index (χ2n) is 3.88. The first-order valence-corrected chi connectivity index (χ1v) is 7.93. The van der Waals surface area contributed by atoms with Gasteiger partial charge in [-0.2, -0.15) is 4.31 Å². The number of sulfonamides is 1. The summed E-state index contributed by atoms with van der Waals surface area (Å²) in [6.07, 6.45) is 3.73. The van der Waals surface area contributed by atoms with Crippen LogP contribution in [0.1, 0.15) is 19.3 Å². The number of aromatic nitrogens is 1. The molecule has 0 bridgehead atoms. The Morgan fingerprint density at radius 2 is 2.35 bits per heavy atom. The number of hydrogen-bond acceptors (Lipinski definition) is 5. The minimum atomic E-state index is -3.56. The van der Waals surface area contributed by atoms with E-state index in [1.54, 1.807) is 0 Å². The van der Waals surface area contributed by atoms with Crippen molar-refractivity contribution in [3.8, 4) is 0 Å². The van der Waals surface area contributed by atoms with Crippen molar-refractivity contribution in [2.45, 2.75) is 29.5 Å². The zero-order chi connectivity index (χ0) is 12.5. The van der Waals surface area contributed by atoms with Crippen LogP contribution in [0.15, 0.2) is 10.4 Å². The lowest BCUT2D eigenvalue weighted by atomic mass is 10.1. The third-order valence-electron chi connectivity index (χ3n) is 2.80. The molecule has 17 heavy (non-hydrogen) atoms. The van der Waals surface area contributed by atoms with Gasteiger partial charge in [-0.3, -0.25) is 0 Å². The lowest BCUT2D eigenvalue weighted by molar-refractivity contribution is 0.155. The Hall–Kier alpha value is -0.210. The number of piperidine rings is 1. The second-order valence-corrected chi connectivity index (χ2v) is 7.61. The van der Waals surface area contributed by atoms with E-state index in [-0.39, 0.29) is 21.3 Å². The number of rotatable bonds is 3. The molecule has 0 saturated carbocycles. The van der Waals surface area contributed by atoms with Crippen molar-refractivity contribution in [3.05, 3.63) is 10.7 Å². The molecule has 1 N–H and O–H groups in total. The Balaban J connectivity index is 2.30. The molecule has 1 aromatic heterocycles. The molecule has 1 aliphatic rings. The molecule has 1 aromatic rings. The summed E-state index contributed by atoms with van der Waals surface area (Å²) in [6.45, 7) is 0.300. The van der Waals surface area contributed by atoms with E-state index in [0.717, 1.165) is 24.2 Å². The fourth-order valence-electron chi connectivity index (χ4n) is 1.95. The number of nitrogens with zero attached hydrogens (tertiary/aromatic N) is 2. The quantitative estimate of drug-likeness (QED) is 0.913. The summed E-state index contributed by atoms with van der Waals surface area (Å²) in [6, 6.07) is -0.324. The van der Waals surface area contributed by atoms with Crippen molar-refractivity contribution < 1.29 is 13.5 Å². The van der Waals surface area contributed by atoms with Crippen molar-refractivity contribution in [2.24, 2.45) is 0 Å². The molecule has 0 aromatic carbocycles. The van der Waals surface area contributed by atoms with Crippen LogP contribution >= 0.6 is 22.9 Å². The molecule has 0 spiro atoms. The van der Waals surface area contributed by atoms with Crippen molar-refractivity contribution in [1.29, 1.82) is 0 Å². The van der Waals surface area contributed by atoms with Crippen LogP contribution in [0.3, 0.4) is 0 Å². The Morgan fingerprint density at radius 3 is 2.94 bits per heavy atom. The fourth-order valence-corrected chi connectivity index (χ4v) is 5.06. The van der Waals surface area contributed by atoms with Crippen LogP contribution in [0.2, 0.25) is 4.47 Å². The van der Waals surface area contributed by atoms with E-state index in [1.807, 2.05) is 0 Å². The molecule has 96 valence electrons. The summed E-state index contributed by atoms with van der Waals surface area (Å²) in [4.78, 5) is 3.74. The Kier molecular flexibility index (Phi) is 4.04. The first kappa shape index (κ1) is 13.2. The zero-order valence-electron chi connectivity index (χ0n) is 9.04. The largest absolute Gasteiger partial charge is 0.395 e. The molecule has 1 unspecified atom stereocenters. The zero-order valence-corrected chi connectivity index (χ0v) is 11.4. The SMILES string of the molecule is O=S(=O)(c1cnc(Cl)s1)N1CCCCC1CO. The third kappa shape index (κ3) is 2.63. The molecule has 0 amide bonds. The summed E-state index contributed by atoms with van der Waals surface area (Å²) >= 11 is 6.59. The van der Waals surface area contributed by atoms with Gasteiger partial charge in [0.05, 0.1) is 12.8 Å². The van der Waals surface area contributed by atoms with Crippen molar-refractivity contribution in [1.82, 2.24) is 9.29 Å². The van der Waals surface area contributed by atoms with Gasteiger partial charge >= 0.3 is 0 Å². The summed E-state index contributed by atoms with van der Waals surface area (Å²) in [5.41, 5.74) is 0. The Morgan fingerprint density at radius 1 is 1.59 bits per heavy atom. The number of aliphatic hydroxyl groups is 1. The molecule has 1 atom stereocenters. The van der Waals surface area contributed by atoms with Crippen molar-refractivity contribution >= 4 is 33.0 Å². The van der Waals surface area contributed by atoms with Gasteiger partial charge < -0.3 is 5.11 Å². The summed E-state index contributed by atoms with van der Waals surface area (Å²) in [5, 5.41) is 9.23. The average Bonchev–Trinajstić information content (AvgIpc) is 2.76. The van der Waals surface area contributed by atoms with Gasteiger partial charge in [0, 0.05) is 12.6 Å². The van der Waals surface area contributed by atoms with Crippen LogP contribution in [0.4, 0.5) is 0 Å². The van der Waals surface area contributed by atoms with Gasteiger partial charge in [-0.05, 0) is 12.8 Å². The van der Waals surface area contributed by atoms with Crippen molar-refractivity contribution in [2.75, 3.05) is 13.2 Å². The highest BCUT2D eigenvalue weighted by Gasteiger charge is 2.34. The van der Waals surface area contributed by atoms with Crippen LogP contribution in [0.5, 0.6) is 0 Å². The molecule has 2 rings (SSSR count). The van der Waals surface area contributed by atoms with Gasteiger partial charge in [0.15, 0.2) is 8.68 Å². The van der Waals surface area contributed by atoms with Crippen LogP contribution < -0.4 is 0 Å². The molecule has 0 aliphatic carbocycles. The second kappa shape index (κ2) is 5.19. The molecular formula is C9H13ClN2O3S2. The maximum absolute atomic E-state index is 12.3. The third-order valence-corrected chi connectivity index (χ3v) is 6.31. The Labute approximate surface area is 109 Å². The van der Waals surface area contributed by atoms with E-state index in [9.17, 15) is 13.5 Å². The highest BCUT2D eigenvalue weighted by Crippen LogP contribution is 2.29. The van der Waals surface area contributed by atoms with Crippen LogP contribution in [-0.4, -0.2) is 42.0 Å². The number of halogens is 1. The molecule has 0 radical (unpaired) electrons. The molecule has 1 saturated heterocycles. The van der Waals surface area contributed by atoms with Crippen LogP contribution in [0.25, 0.3) is 0 Å². The highest BCUT2D eigenvalue weighted by atomic mass is 35.5. The maximum Gasteiger partial charge on any atom is 0.254 e. The van der Waals surface area contributed by atoms with Gasteiger partial charge in [0.1, 0.15) is 0 Å². The summed E-state index contributed by atoms with van der Waals surface area (Å²) in [7, 11) is -3.56. The smallest absolute Gasteiger partial charge is 0.254 e. The van der Waals surface area contributed by atoms with Gasteiger partial charge in [-0.15, -0.1) is 0 Å². The van der Waals surface area contributed by atoms with E-state index in [2.05, 4.69) is 4.98 Å². The number of aliphatic hydroxyl groups excluding tert-OH is 1. The van der Waals surface area contributed by atoms with Gasteiger partial charge in [-0.1, -0.05) is 29.4 Å². The highest BCUT2D eigenvalue weighted by molar-refractivity contribution is 7.91. The minimum absolute atomic E-state index is 0.142. The van der Waals surface area contributed by atoms with E-state index in [4.69, 9.17) is 11.6 Å². The summed E-state index contributed by atoms with van der Waals surface area (Å²) in [5.74, 6) is 0. The maximum atomic E-state index is 12.3. The molecule has 1 aliphatic heterocycles. The monoisotopic (exact) mass is 296 g/mol. The standard InChI is InChI=1S/C9H13ClN2O3S2/c10-9-11-5-8(16-9)17(14,15)12-4-2-1-3-7(12)6-13/h5,7,13H,1-4,6H2. The lowest BCUT2D eigenvalue weighted by Gasteiger charge is -2.32. The van der Waals surface area contributed by atoms with Crippen molar-refractivity contribution in [3.63, 3.8) is 0 Å². The van der Waals surface area contributed by atoms with Gasteiger partial charge in [-0.25, -0.2) is 13.4 Å². The molecule has 8 heteroatoms. The number of thiazole rings is 1. The van der Waals surface area contributed by atoms with Gasteiger partial charge in [0.25, 0.3) is 10.0 Å².